The van der Waals surface area contributed by atoms with Crippen molar-refractivity contribution < 1.29 is 157 Å². The molecule has 4 saturated heterocycles. The molecule has 4 heterocycles. The van der Waals surface area contributed by atoms with Gasteiger partial charge in [-0.2, -0.15) is 0 Å². The van der Waals surface area contributed by atoms with Crippen LogP contribution in [0.1, 0.15) is 267 Å². The number of unbranched alkanes of at least 4 members (excludes halogenated alkanes) is 13. The van der Waals surface area contributed by atoms with Crippen molar-refractivity contribution in [3.63, 3.8) is 0 Å². The van der Waals surface area contributed by atoms with Gasteiger partial charge in [-0.05, 0) is 138 Å². The number of amides is 3. The number of aliphatic hydroxyl groups excluding tert-OH is 14. The van der Waals surface area contributed by atoms with Gasteiger partial charge in [0, 0.05) is 82.0 Å². The van der Waals surface area contributed by atoms with Crippen LogP contribution >= 0.6 is 0 Å². The second kappa shape index (κ2) is 56.7. The number of nitrogens with one attached hydrogen (secondary N) is 3. The van der Waals surface area contributed by atoms with Gasteiger partial charge >= 0.3 is 0 Å². The lowest BCUT2D eigenvalue weighted by atomic mass is 9.78. The molecule has 1 aromatic rings. The number of carbonyl (C=O) groups excluding carboxylic acids is 7. The van der Waals surface area contributed by atoms with Gasteiger partial charge < -0.3 is 140 Å². The molecule has 712 valence electrons. The zero-order chi connectivity index (χ0) is 90.4. The van der Waals surface area contributed by atoms with Crippen molar-refractivity contribution in [2.75, 3.05) is 65.9 Å². The molecule has 6 fully saturated rings. The van der Waals surface area contributed by atoms with Crippen molar-refractivity contribution in [1.82, 2.24) is 16.0 Å². The van der Waals surface area contributed by atoms with Crippen LogP contribution in [0.2, 0.25) is 0 Å². The van der Waals surface area contributed by atoms with Crippen LogP contribution in [0.3, 0.4) is 0 Å². The van der Waals surface area contributed by atoms with Gasteiger partial charge in [0.05, 0.1) is 70.6 Å². The van der Waals surface area contributed by atoms with Crippen LogP contribution in [0.25, 0.3) is 0 Å². The lowest BCUT2D eigenvalue weighted by Crippen LogP contribution is -2.61. The van der Waals surface area contributed by atoms with E-state index in [-0.39, 0.29) is 123 Å². The summed E-state index contributed by atoms with van der Waals surface area (Å²) < 4.78 is 65.1. The predicted molar refractivity (Wildman–Crippen MR) is 446 cm³/mol. The molecule has 28 atom stereocenters. The van der Waals surface area contributed by atoms with E-state index in [0.29, 0.717) is 179 Å². The maximum Gasteiger partial charge on any atom is 0.251 e. The number of carbonyl (C=O) groups is 7. The summed E-state index contributed by atoms with van der Waals surface area (Å²) in [4.78, 5) is 90.7. The summed E-state index contributed by atoms with van der Waals surface area (Å²) in [5.74, 6) is 0.434. The second-order valence-corrected chi connectivity index (χ2v) is 35.2. The Balaban J connectivity index is 0.706. The first-order valence-corrected chi connectivity index (χ1v) is 45.9. The minimum Gasteiger partial charge on any atom is -0.492 e. The number of ketones is 4. The van der Waals surface area contributed by atoms with Crippen molar-refractivity contribution in [2.24, 2.45) is 23.7 Å². The van der Waals surface area contributed by atoms with Gasteiger partial charge in [0.15, 0.2) is 30.9 Å². The Morgan fingerprint density at radius 2 is 0.677 bits per heavy atom. The lowest BCUT2D eigenvalue weighted by molar-refractivity contribution is -0.327. The molecular weight excluding hydrogens is 1620 g/mol. The summed E-state index contributed by atoms with van der Waals surface area (Å²) in [5.41, 5.74) is 0.555. The van der Waals surface area contributed by atoms with E-state index >= 15 is 0 Å². The molecule has 4 aliphatic heterocycles. The molecule has 0 aromatic heterocycles. The van der Waals surface area contributed by atoms with E-state index < -0.39 is 166 Å². The molecule has 0 radical (unpaired) electrons. The quantitative estimate of drug-likeness (QED) is 0.0329. The van der Waals surface area contributed by atoms with Crippen molar-refractivity contribution in [3.05, 3.63) is 29.3 Å². The van der Waals surface area contributed by atoms with Crippen LogP contribution in [0.15, 0.2) is 18.2 Å². The number of benzene rings is 1. The number of Topliss-reactive ketones (excluding diaryl/α,β-unsaturated/α-hetero) is 4. The Labute approximate surface area is 729 Å². The standard InChI is InChI=1S/C89H149N3O32/c1-6-7-8-20-33-72(100)91-37-40-114-61-46-56(62(98)32-19-11-12-21-34-71(99)90-35-22-13-17-29-60(97)31-25-39-116-87-82(110)80(108)76(104)70(124-87)51-118-64-42-53(3)55(5)44-66(64)120-89-84(112)78(106)74(102)68(49-94)122-89)45-57(47-61)85(113)92-36-23-14-18-28-58(95)26-15-9-10-16-27-59(96)30-24-38-115-86-81(109)79(107)75(103)69(123-86)50-117-63-41-52(2)54(4)43-65(63)119-88-83(111)77(105)73(101)67(48-93)121-88/h45-47,52-55,63-70,73-84,86-89,93-94,101-112H,6-44,48-51H2,1-5H3,(H,90,99)(H,91,100)(H,92,113)/t52?,53?,54-,55-,63-,64-,65?,66?,67?,68?,69?,70?,73+,74+,75+,76+,77-,78-,79-,80-,81?,82?,83?,84?,86-,87-,88-,89-/m0/s1. The molecule has 35 nitrogen and oxygen atoms in total. The average Bonchev–Trinajstić information content (AvgIpc) is 0.807. The van der Waals surface area contributed by atoms with Crippen molar-refractivity contribution in [3.8, 4) is 5.75 Å². The van der Waals surface area contributed by atoms with E-state index in [0.717, 1.165) is 38.5 Å². The molecule has 2 saturated carbocycles. The Morgan fingerprint density at radius 3 is 1.10 bits per heavy atom. The van der Waals surface area contributed by atoms with Crippen molar-refractivity contribution in [1.29, 1.82) is 0 Å². The highest BCUT2D eigenvalue weighted by Gasteiger charge is 2.51. The molecule has 17 N–H and O–H groups in total. The van der Waals surface area contributed by atoms with Gasteiger partial charge in [0.1, 0.15) is 127 Å². The average molecular weight is 1770 g/mol. The maximum atomic E-state index is 13.7. The third-order valence-electron chi connectivity index (χ3n) is 25.1. The molecule has 0 spiro atoms. The summed E-state index contributed by atoms with van der Waals surface area (Å²) in [6.45, 7) is 9.70. The van der Waals surface area contributed by atoms with Gasteiger partial charge in [-0.15, -0.1) is 0 Å². The maximum absolute atomic E-state index is 13.7. The number of hydrogen-bond acceptors (Lipinski definition) is 32. The molecule has 2 aliphatic carbocycles. The Morgan fingerprint density at radius 1 is 0.339 bits per heavy atom. The van der Waals surface area contributed by atoms with Crippen LogP contribution in [-0.4, -0.2) is 325 Å². The van der Waals surface area contributed by atoms with Gasteiger partial charge in [-0.1, -0.05) is 92.4 Å². The fourth-order valence-electron chi connectivity index (χ4n) is 16.5. The summed E-state index contributed by atoms with van der Waals surface area (Å²) in [5, 5.41) is 155. The minimum absolute atomic E-state index is 0.00729. The Hall–Kier alpha value is -4.85. The van der Waals surface area contributed by atoms with Crippen molar-refractivity contribution in [2.45, 2.75) is 394 Å². The van der Waals surface area contributed by atoms with Crippen LogP contribution in [-0.2, 0) is 71.3 Å². The third-order valence-corrected chi connectivity index (χ3v) is 25.1. The predicted octanol–water partition coefficient (Wildman–Crippen LogP) is 3.17. The molecule has 12 unspecified atom stereocenters. The summed E-state index contributed by atoms with van der Waals surface area (Å²) in [6, 6.07) is 4.72. The zero-order valence-corrected chi connectivity index (χ0v) is 73.4. The van der Waals surface area contributed by atoms with E-state index in [4.69, 9.17) is 52.1 Å². The third kappa shape index (κ3) is 35.1. The summed E-state index contributed by atoms with van der Waals surface area (Å²) in [7, 11) is 0. The van der Waals surface area contributed by atoms with Crippen LogP contribution in [0.5, 0.6) is 5.75 Å². The second-order valence-electron chi connectivity index (χ2n) is 35.2. The number of ether oxygens (including phenoxy) is 11. The first-order valence-electron chi connectivity index (χ1n) is 45.9. The molecule has 7 rings (SSSR count). The number of hydrogen-bond donors (Lipinski definition) is 17. The highest BCUT2D eigenvalue weighted by atomic mass is 16.7. The first kappa shape index (κ1) is 106. The van der Waals surface area contributed by atoms with Gasteiger partial charge in [-0.3, -0.25) is 33.6 Å². The summed E-state index contributed by atoms with van der Waals surface area (Å²) in [6.07, 6.45) is -13.0. The van der Waals surface area contributed by atoms with Crippen LogP contribution < -0.4 is 20.7 Å². The molecule has 6 aliphatic rings. The molecule has 1 aromatic carbocycles. The van der Waals surface area contributed by atoms with E-state index in [9.17, 15) is 105 Å². The largest absolute Gasteiger partial charge is 0.492 e. The number of rotatable bonds is 59. The summed E-state index contributed by atoms with van der Waals surface area (Å²) >= 11 is 0. The van der Waals surface area contributed by atoms with Gasteiger partial charge in [0.2, 0.25) is 11.8 Å². The molecule has 124 heavy (non-hydrogen) atoms. The topological polar surface area (TPSA) is 540 Å². The molecule has 35 heteroatoms. The Bertz CT molecular complexity index is 3080. The van der Waals surface area contributed by atoms with E-state index in [1.165, 1.54) is 0 Å². The van der Waals surface area contributed by atoms with Crippen molar-refractivity contribution >= 4 is 40.9 Å². The molecular formula is C89H149N3O32. The highest BCUT2D eigenvalue weighted by molar-refractivity contribution is 6.01. The lowest BCUT2D eigenvalue weighted by Gasteiger charge is -2.45. The minimum atomic E-state index is -1.64. The normalized spacial score (nSPS) is 32.8. The van der Waals surface area contributed by atoms with E-state index in [2.05, 4.69) is 22.9 Å². The Kier molecular flexibility index (Phi) is 48.5. The molecule has 3 amide bonds. The van der Waals surface area contributed by atoms with E-state index in [1.807, 2.05) is 27.7 Å². The van der Waals surface area contributed by atoms with Gasteiger partial charge in [-0.25, -0.2) is 0 Å². The zero-order valence-electron chi connectivity index (χ0n) is 73.4. The SMILES string of the molecule is CCCCCCC(=O)NCCOc1cc(C(=O)CCCCCCC(=O)NCCCCCC(=O)CCCO[C@H]2OC(CO[C@H]3CC(C)[C@@H](C)CC3O[C@H]3OC(CO)[C@@H](O)[C@H](O)C3O)[C@@H](O)[C@H](O)C2O)cc(C(=O)NCCCCCC(=O)CCCCCCC(=O)CCCO[C@H]2OC(CO[C@H]3CC(C)[C@@H](C)CC3O[C@H]3OC(CO)[C@@H](O)[C@H](O)C3O)[C@@H](O)[C@H](O)C2O)c1. The molecule has 0 bridgehead atoms. The fraction of sp³-hybridized carbons (Fsp3) is 0.854. The monoisotopic (exact) mass is 1770 g/mol. The smallest absolute Gasteiger partial charge is 0.251 e. The van der Waals surface area contributed by atoms with Crippen LogP contribution in [0.4, 0.5) is 0 Å². The number of aliphatic hydroxyl groups is 14. The van der Waals surface area contributed by atoms with Gasteiger partial charge in [0.25, 0.3) is 5.91 Å². The van der Waals surface area contributed by atoms with E-state index in [1.54, 1.807) is 18.2 Å². The first-order chi connectivity index (χ1) is 59.4. The van der Waals surface area contributed by atoms with Crippen LogP contribution in [0, 0.1) is 23.7 Å². The fourth-order valence-corrected chi connectivity index (χ4v) is 16.5. The highest BCUT2D eigenvalue weighted by Crippen LogP contribution is 2.39.